The van der Waals surface area contributed by atoms with E-state index in [1.807, 2.05) is 38.1 Å². The summed E-state index contributed by atoms with van der Waals surface area (Å²) in [5.41, 5.74) is 3.40. The average molecular weight is 364 g/mol. The molecule has 0 saturated carbocycles. The van der Waals surface area contributed by atoms with Crippen LogP contribution in [0, 0.1) is 30.5 Å². The van der Waals surface area contributed by atoms with Gasteiger partial charge in [-0.1, -0.05) is 42.2 Å². The Labute approximate surface area is 161 Å². The number of halogens is 1. The van der Waals surface area contributed by atoms with Gasteiger partial charge in [0, 0.05) is 17.9 Å². The Balaban J connectivity index is 1.52. The van der Waals surface area contributed by atoms with Gasteiger partial charge in [0.25, 0.3) is 0 Å². The van der Waals surface area contributed by atoms with Gasteiger partial charge < -0.3 is 9.47 Å². The highest BCUT2D eigenvalue weighted by Gasteiger charge is 2.19. The Hall–Kier alpha value is -2.41. The van der Waals surface area contributed by atoms with Crippen LogP contribution in [-0.4, -0.2) is 19.5 Å². The quantitative estimate of drug-likeness (QED) is 0.559. The largest absolute Gasteiger partial charge is 0.352 e. The first-order valence-electron chi connectivity index (χ1n) is 9.37. The Morgan fingerprint density at radius 1 is 1.07 bits per heavy atom. The molecule has 2 nitrogen and oxygen atoms in total. The van der Waals surface area contributed by atoms with Crippen LogP contribution in [0.2, 0.25) is 0 Å². The molecule has 140 valence electrons. The predicted molar refractivity (Wildman–Crippen MR) is 106 cm³/mol. The number of rotatable bonds is 4. The molecule has 3 heteroatoms. The number of ether oxygens (including phenoxy) is 2. The second kappa shape index (κ2) is 9.50. The standard InChI is InChI=1S/C24H25FO2/c1-3-4-21-16-26-24(27-17-21)14-11-20-8-6-19(7-9-20)10-13-22-12-5-18(2)15-23(22)25/h3-9,12,15,21,24H,11,14,16-17H2,1-2H3/b4-3+. The lowest BCUT2D eigenvalue weighted by atomic mass is 10.1. The topological polar surface area (TPSA) is 18.5 Å². The summed E-state index contributed by atoms with van der Waals surface area (Å²) in [5, 5.41) is 0. The van der Waals surface area contributed by atoms with Crippen LogP contribution in [0.25, 0.3) is 0 Å². The minimum atomic E-state index is -0.275. The van der Waals surface area contributed by atoms with Crippen molar-refractivity contribution in [3.8, 4) is 11.8 Å². The van der Waals surface area contributed by atoms with Crippen LogP contribution in [0.1, 0.15) is 35.6 Å². The predicted octanol–water partition coefficient (Wildman–Crippen LogP) is 5.03. The average Bonchev–Trinajstić information content (AvgIpc) is 2.68. The summed E-state index contributed by atoms with van der Waals surface area (Å²) < 4.78 is 25.4. The molecule has 3 rings (SSSR count). The van der Waals surface area contributed by atoms with E-state index < -0.39 is 0 Å². The van der Waals surface area contributed by atoms with Gasteiger partial charge in [-0.05, 0) is 55.7 Å². The van der Waals surface area contributed by atoms with Crippen LogP contribution >= 0.6 is 0 Å². The summed E-state index contributed by atoms with van der Waals surface area (Å²) in [6, 6.07) is 13.1. The maximum atomic E-state index is 13.8. The van der Waals surface area contributed by atoms with Gasteiger partial charge in [-0.25, -0.2) is 4.39 Å². The van der Waals surface area contributed by atoms with Gasteiger partial charge in [-0.15, -0.1) is 0 Å². The number of hydrogen-bond donors (Lipinski definition) is 0. The highest BCUT2D eigenvalue weighted by atomic mass is 19.1. The minimum absolute atomic E-state index is 0.129. The summed E-state index contributed by atoms with van der Waals surface area (Å²) in [6.07, 6.45) is 5.75. The third-order valence-electron chi connectivity index (χ3n) is 4.55. The second-order valence-corrected chi connectivity index (χ2v) is 6.85. The fourth-order valence-electron chi connectivity index (χ4n) is 3.01. The van der Waals surface area contributed by atoms with Crippen LogP contribution in [0.5, 0.6) is 0 Å². The van der Waals surface area contributed by atoms with Crippen molar-refractivity contribution in [3.05, 3.63) is 82.7 Å². The van der Waals surface area contributed by atoms with Crippen molar-refractivity contribution < 1.29 is 13.9 Å². The molecule has 0 amide bonds. The minimum Gasteiger partial charge on any atom is -0.352 e. The van der Waals surface area contributed by atoms with E-state index in [1.165, 1.54) is 11.6 Å². The third kappa shape index (κ3) is 5.79. The van der Waals surface area contributed by atoms with Crippen molar-refractivity contribution in [2.45, 2.75) is 33.0 Å². The van der Waals surface area contributed by atoms with Gasteiger partial charge in [0.15, 0.2) is 6.29 Å². The molecule has 0 radical (unpaired) electrons. The molecule has 0 aromatic heterocycles. The normalized spacial score (nSPS) is 19.7. The van der Waals surface area contributed by atoms with Gasteiger partial charge in [0.2, 0.25) is 0 Å². The maximum Gasteiger partial charge on any atom is 0.157 e. The van der Waals surface area contributed by atoms with E-state index in [4.69, 9.17) is 9.47 Å². The zero-order valence-electron chi connectivity index (χ0n) is 15.9. The van der Waals surface area contributed by atoms with Gasteiger partial charge in [0.1, 0.15) is 5.82 Å². The van der Waals surface area contributed by atoms with Crippen LogP contribution in [-0.2, 0) is 15.9 Å². The molecule has 0 aliphatic carbocycles. The van der Waals surface area contributed by atoms with E-state index in [2.05, 4.69) is 30.0 Å². The van der Waals surface area contributed by atoms with Crippen molar-refractivity contribution in [1.82, 2.24) is 0 Å². The summed E-state index contributed by atoms with van der Waals surface area (Å²) >= 11 is 0. The van der Waals surface area contributed by atoms with Crippen LogP contribution in [0.15, 0.2) is 54.6 Å². The number of benzene rings is 2. The zero-order chi connectivity index (χ0) is 19.1. The lowest BCUT2D eigenvalue weighted by Crippen LogP contribution is -2.31. The van der Waals surface area contributed by atoms with Crippen molar-refractivity contribution in [2.24, 2.45) is 5.92 Å². The molecular formula is C24H25FO2. The molecule has 1 fully saturated rings. The highest BCUT2D eigenvalue weighted by Crippen LogP contribution is 2.17. The smallest absolute Gasteiger partial charge is 0.157 e. The molecule has 1 aliphatic heterocycles. The Morgan fingerprint density at radius 3 is 2.48 bits per heavy atom. The molecule has 0 atom stereocenters. The molecule has 0 spiro atoms. The molecule has 1 heterocycles. The first-order valence-corrected chi connectivity index (χ1v) is 9.37. The van der Waals surface area contributed by atoms with E-state index in [0.29, 0.717) is 11.5 Å². The second-order valence-electron chi connectivity index (χ2n) is 6.85. The van der Waals surface area contributed by atoms with E-state index in [0.717, 1.165) is 37.2 Å². The Bertz CT molecular complexity index is 835. The van der Waals surface area contributed by atoms with E-state index in [9.17, 15) is 4.39 Å². The van der Waals surface area contributed by atoms with Crippen LogP contribution < -0.4 is 0 Å². The first-order chi connectivity index (χ1) is 13.1. The van der Waals surface area contributed by atoms with Crippen molar-refractivity contribution >= 4 is 0 Å². The van der Waals surface area contributed by atoms with Crippen molar-refractivity contribution in [3.63, 3.8) is 0 Å². The van der Waals surface area contributed by atoms with E-state index in [-0.39, 0.29) is 12.1 Å². The van der Waals surface area contributed by atoms with Gasteiger partial charge in [-0.2, -0.15) is 0 Å². The van der Waals surface area contributed by atoms with Gasteiger partial charge >= 0.3 is 0 Å². The molecular weight excluding hydrogens is 339 g/mol. The Morgan fingerprint density at radius 2 is 1.81 bits per heavy atom. The molecule has 0 N–H and O–H groups in total. The summed E-state index contributed by atoms with van der Waals surface area (Å²) in [4.78, 5) is 0. The molecule has 27 heavy (non-hydrogen) atoms. The molecule has 0 unspecified atom stereocenters. The van der Waals surface area contributed by atoms with E-state index in [1.54, 1.807) is 6.07 Å². The lowest BCUT2D eigenvalue weighted by Gasteiger charge is -2.27. The Kier molecular flexibility index (Phi) is 6.81. The monoisotopic (exact) mass is 364 g/mol. The summed E-state index contributed by atoms with van der Waals surface area (Å²) in [6.45, 7) is 5.32. The zero-order valence-corrected chi connectivity index (χ0v) is 15.9. The van der Waals surface area contributed by atoms with Gasteiger partial charge in [0.05, 0.1) is 18.8 Å². The molecule has 0 bridgehead atoms. The molecule has 2 aromatic carbocycles. The first kappa shape index (κ1) is 19.4. The van der Waals surface area contributed by atoms with Crippen LogP contribution in [0.4, 0.5) is 4.39 Å². The van der Waals surface area contributed by atoms with Gasteiger partial charge in [-0.3, -0.25) is 0 Å². The molecule has 1 saturated heterocycles. The molecule has 1 aliphatic rings. The fraction of sp³-hybridized carbons (Fsp3) is 0.333. The fourth-order valence-corrected chi connectivity index (χ4v) is 3.01. The summed E-state index contributed by atoms with van der Waals surface area (Å²) in [5.74, 6) is 6.02. The lowest BCUT2D eigenvalue weighted by molar-refractivity contribution is -0.195. The highest BCUT2D eigenvalue weighted by molar-refractivity contribution is 5.44. The number of hydrogen-bond acceptors (Lipinski definition) is 2. The van der Waals surface area contributed by atoms with Crippen LogP contribution in [0.3, 0.4) is 0 Å². The van der Waals surface area contributed by atoms with Crippen molar-refractivity contribution in [2.75, 3.05) is 13.2 Å². The third-order valence-corrected chi connectivity index (χ3v) is 4.55. The van der Waals surface area contributed by atoms with E-state index >= 15 is 0 Å². The number of aryl methyl sites for hydroxylation is 2. The SMILES string of the molecule is C/C=C/C1COC(CCc2ccc(C#Cc3ccc(C)cc3F)cc2)OC1. The molecule has 2 aromatic rings. The maximum absolute atomic E-state index is 13.8. The van der Waals surface area contributed by atoms with Crippen molar-refractivity contribution in [1.29, 1.82) is 0 Å². The number of allylic oxidation sites excluding steroid dienone is 1. The summed E-state index contributed by atoms with van der Waals surface area (Å²) in [7, 11) is 0.